The van der Waals surface area contributed by atoms with E-state index in [0.29, 0.717) is 22.0 Å². The highest BCUT2D eigenvalue weighted by atomic mass is 16.4. The minimum absolute atomic E-state index is 0.0175. The van der Waals surface area contributed by atoms with E-state index in [0.717, 1.165) is 0 Å². The number of nitrogens with zero attached hydrogens (tertiary/aromatic N) is 3. The van der Waals surface area contributed by atoms with E-state index in [1.54, 1.807) is 32.0 Å². The van der Waals surface area contributed by atoms with Crippen molar-refractivity contribution in [3.63, 3.8) is 0 Å². The van der Waals surface area contributed by atoms with Crippen molar-refractivity contribution in [3.8, 4) is 5.82 Å². The number of aromatic nitrogens is 3. The fraction of sp³-hybridized carbons (Fsp3) is 0.549. The molecule has 0 unspecified atom stereocenters. The number of amides is 9. The van der Waals surface area contributed by atoms with Gasteiger partial charge >= 0.3 is 11.9 Å². The number of aliphatic imine (C=N–C) groups is 1. The third kappa shape index (κ3) is 15.6. The van der Waals surface area contributed by atoms with Crippen molar-refractivity contribution < 1.29 is 63.0 Å². The monoisotopic (exact) mass is 1100 g/mol. The van der Waals surface area contributed by atoms with Crippen LogP contribution in [0.15, 0.2) is 35.7 Å². The Morgan fingerprint density at radius 3 is 2.14 bits per heavy atom. The minimum atomic E-state index is -1.90. The van der Waals surface area contributed by atoms with Crippen LogP contribution in [0.1, 0.15) is 103 Å². The van der Waals surface area contributed by atoms with E-state index in [2.05, 4.69) is 62.8 Å². The second-order valence-corrected chi connectivity index (χ2v) is 21.2. The predicted molar refractivity (Wildman–Crippen MR) is 282 cm³/mol. The standard InChI is InChI=1S/C51H71N15O13/c1-22(2)14-32-47(75)64-40(24(5)6)48(76)62-34-17-28-27-10-9-25(39(23(3)4)41(49(77)61-32)65-44(72)30-11-12-36(67)57-30)15-31(27)59-42(28)66-20-26(56-21-66)16-33(45(73)63-35(50(78)79)18-38(69)70)58-37(68)19-55-43(71)29(60-46(34)74)8-7-13-54-51(52)53/h9-10,15,20-24,29-30,32-35,39-41,59H,7-8,11-14,16-19H2,1-6H3,(H,55,71)(H,57,67)(H,58,68)(H,60,74)(H,61,77)(H,62,76)(H,63,73)(H,64,75)(H,65,72)(H,69,70)(H,78,79)(H4,52,53,54)/t29-,30-,32+,33-,34+,35-,39-,40+,41+/m1/s1. The largest absolute Gasteiger partial charge is 0.481 e. The zero-order valence-corrected chi connectivity index (χ0v) is 44.8. The molecule has 28 heteroatoms. The van der Waals surface area contributed by atoms with Crippen LogP contribution < -0.4 is 59.3 Å². The highest BCUT2D eigenvalue weighted by Gasteiger charge is 2.41. The van der Waals surface area contributed by atoms with Gasteiger partial charge in [0, 0.05) is 54.4 Å². The molecule has 4 aliphatic rings. The van der Waals surface area contributed by atoms with Crippen molar-refractivity contribution in [1.29, 1.82) is 0 Å². The predicted octanol–water partition coefficient (Wildman–Crippen LogP) is -2.69. The second-order valence-electron chi connectivity index (χ2n) is 21.2. The summed E-state index contributed by atoms with van der Waals surface area (Å²) in [7, 11) is 0. The molecule has 9 amide bonds. The molecule has 428 valence electrons. The minimum Gasteiger partial charge on any atom is -0.481 e. The van der Waals surface area contributed by atoms with Gasteiger partial charge in [-0.3, -0.25) is 57.5 Å². The summed E-state index contributed by atoms with van der Waals surface area (Å²) in [6.07, 6.45) is 1.53. The van der Waals surface area contributed by atoms with Crippen LogP contribution in [0, 0.1) is 17.8 Å². The zero-order chi connectivity index (χ0) is 58.0. The van der Waals surface area contributed by atoms with Gasteiger partial charge in [-0.2, -0.15) is 0 Å². The Hall–Kier alpha value is -8.59. The van der Waals surface area contributed by atoms with Crippen molar-refractivity contribution in [3.05, 3.63) is 47.5 Å². The first kappa shape index (κ1) is 59.7. The van der Waals surface area contributed by atoms with Gasteiger partial charge in [-0.15, -0.1) is 0 Å². The van der Waals surface area contributed by atoms with Crippen molar-refractivity contribution >= 4 is 82.0 Å². The summed E-state index contributed by atoms with van der Waals surface area (Å²) in [6, 6.07) is -6.02. The zero-order valence-electron chi connectivity index (χ0n) is 44.8. The molecule has 1 saturated heterocycles. The number of carbonyl (C=O) groups excluding carboxylic acids is 9. The number of aromatic amines is 1. The summed E-state index contributed by atoms with van der Waals surface area (Å²) in [6.45, 7) is 9.96. The van der Waals surface area contributed by atoms with E-state index in [1.807, 2.05) is 27.7 Å². The maximum Gasteiger partial charge on any atom is 0.326 e. The number of benzene rings is 1. The molecule has 0 saturated carbocycles. The maximum absolute atomic E-state index is 15.0. The molecule has 7 bridgehead atoms. The van der Waals surface area contributed by atoms with Crippen LogP contribution >= 0.6 is 0 Å². The van der Waals surface area contributed by atoms with Crippen molar-refractivity contribution in [2.24, 2.45) is 34.2 Å². The first-order chi connectivity index (χ1) is 37.3. The Labute approximate surface area is 453 Å². The van der Waals surface area contributed by atoms with E-state index in [1.165, 1.54) is 17.1 Å². The number of carboxylic acid groups (broad SMARTS) is 2. The summed E-state index contributed by atoms with van der Waals surface area (Å²) in [5, 5.41) is 43.4. The molecule has 0 spiro atoms. The Morgan fingerprint density at radius 1 is 0.797 bits per heavy atom. The number of aliphatic carboxylic acids is 2. The van der Waals surface area contributed by atoms with Crippen LogP contribution in [0.3, 0.4) is 0 Å². The van der Waals surface area contributed by atoms with Crippen LogP contribution in [0.2, 0.25) is 0 Å². The Bertz CT molecular complexity index is 2870. The van der Waals surface area contributed by atoms with Crippen LogP contribution in [0.5, 0.6) is 0 Å². The summed E-state index contributed by atoms with van der Waals surface area (Å²) >= 11 is 0. The lowest BCUT2D eigenvalue weighted by Gasteiger charge is -2.33. The fourth-order valence-corrected chi connectivity index (χ4v) is 9.90. The maximum atomic E-state index is 15.0. The molecule has 3 aromatic rings. The number of guanidine groups is 1. The summed E-state index contributed by atoms with van der Waals surface area (Å²) in [4.78, 5) is 162. The first-order valence-corrected chi connectivity index (χ1v) is 26.2. The van der Waals surface area contributed by atoms with Gasteiger partial charge in [-0.05, 0) is 55.1 Å². The topological polar surface area (TPSA) is 435 Å². The molecule has 0 radical (unpaired) electrons. The Kier molecular flexibility index (Phi) is 19.8. The number of rotatable bonds is 15. The number of hydrogen-bond acceptors (Lipinski definition) is 13. The summed E-state index contributed by atoms with van der Waals surface area (Å²) in [5.41, 5.74) is 12.6. The number of nitrogens with one attached hydrogen (secondary N) is 10. The lowest BCUT2D eigenvalue weighted by Crippen LogP contribution is -2.61. The lowest BCUT2D eigenvalue weighted by molar-refractivity contribution is -0.147. The molecule has 4 aliphatic heterocycles. The Balaban J connectivity index is 1.57. The molecule has 79 heavy (non-hydrogen) atoms. The highest BCUT2D eigenvalue weighted by Crippen LogP contribution is 2.35. The second kappa shape index (κ2) is 26.2. The van der Waals surface area contributed by atoms with E-state index in [4.69, 9.17) is 11.5 Å². The molecule has 28 nitrogen and oxygen atoms in total. The summed E-state index contributed by atoms with van der Waals surface area (Å²) in [5.74, 6) is -12.1. The lowest BCUT2D eigenvalue weighted by atomic mass is 9.81. The van der Waals surface area contributed by atoms with Crippen LogP contribution in [0.4, 0.5) is 0 Å². The van der Waals surface area contributed by atoms with E-state index in [-0.39, 0.29) is 80.3 Å². The van der Waals surface area contributed by atoms with Crippen LogP contribution in [-0.2, 0) is 65.6 Å². The van der Waals surface area contributed by atoms with Gasteiger partial charge in [0.2, 0.25) is 53.2 Å². The van der Waals surface area contributed by atoms with Gasteiger partial charge in [0.15, 0.2) is 5.96 Å². The number of nitrogens with two attached hydrogens (primary N) is 2. The molecular formula is C51H71N15O13. The smallest absolute Gasteiger partial charge is 0.326 e. The molecule has 1 aromatic carbocycles. The van der Waals surface area contributed by atoms with E-state index < -0.39 is 139 Å². The number of carboxylic acids is 2. The highest BCUT2D eigenvalue weighted by molar-refractivity contribution is 6.00. The number of hydrogen-bond donors (Lipinski definition) is 14. The quantitative estimate of drug-likeness (QED) is 0.0319. The molecule has 0 aliphatic carbocycles. The first-order valence-electron chi connectivity index (χ1n) is 26.2. The van der Waals surface area contributed by atoms with Crippen molar-refractivity contribution in [2.75, 3.05) is 13.1 Å². The third-order valence-electron chi connectivity index (χ3n) is 13.8. The van der Waals surface area contributed by atoms with E-state index >= 15 is 0 Å². The van der Waals surface area contributed by atoms with E-state index in [9.17, 15) is 63.0 Å². The average molecular weight is 1100 g/mol. The number of carbonyl (C=O) groups is 11. The normalized spacial score (nSPS) is 23.9. The average Bonchev–Trinajstić information content (AvgIpc) is 4.36. The van der Waals surface area contributed by atoms with Gasteiger partial charge in [0.05, 0.1) is 18.7 Å². The van der Waals surface area contributed by atoms with Crippen LogP contribution in [-0.4, -0.2) is 157 Å². The van der Waals surface area contributed by atoms with Gasteiger partial charge in [-0.25, -0.2) is 9.78 Å². The molecule has 16 N–H and O–H groups in total. The third-order valence-corrected chi connectivity index (χ3v) is 13.8. The van der Waals surface area contributed by atoms with Gasteiger partial charge in [0.1, 0.15) is 60.5 Å². The molecule has 9 atom stereocenters. The SMILES string of the molecule is CC(C)C[C@@H]1NC(=O)[C@@H](NC(=O)[C@H]2CCC(=O)N2)[C@H](C(C)C)c2ccc3c4c([nH]c3c2)-n2cnc(c2)C[C@H](C(=O)N[C@H](CC(=O)O)C(=O)O)NC(=O)CNC(=O)[C@@H](CCCN=C(N)N)NC(=O)[C@H](C4)NC(=O)[C@H](C(C)C)NC1=O. The molecule has 1 fully saturated rings. The molecule has 7 rings (SSSR count). The molecule has 2 aromatic heterocycles. The van der Waals surface area contributed by atoms with Crippen LogP contribution in [0.25, 0.3) is 16.7 Å². The van der Waals surface area contributed by atoms with Gasteiger partial charge in [-0.1, -0.05) is 53.7 Å². The number of fused-ring (bicyclic) bond motifs is 13. The number of imidazole rings is 1. The molecule has 6 heterocycles. The Morgan fingerprint density at radius 2 is 1.51 bits per heavy atom. The van der Waals surface area contributed by atoms with Gasteiger partial charge < -0.3 is 74.5 Å². The fourth-order valence-electron chi connectivity index (χ4n) is 9.90. The van der Waals surface area contributed by atoms with Crippen molar-refractivity contribution in [1.82, 2.24) is 62.4 Å². The summed E-state index contributed by atoms with van der Waals surface area (Å²) < 4.78 is 1.51. The van der Waals surface area contributed by atoms with Crippen molar-refractivity contribution in [2.45, 2.75) is 147 Å². The van der Waals surface area contributed by atoms with Gasteiger partial charge in [0.25, 0.3) is 0 Å². The molecular weight excluding hydrogens is 1030 g/mol. The number of H-pyrrole nitrogens is 1.